The van der Waals surface area contributed by atoms with Crippen LogP contribution in [0.3, 0.4) is 0 Å². The van der Waals surface area contributed by atoms with Crippen molar-refractivity contribution in [3.05, 3.63) is 150 Å². The third-order valence-electron chi connectivity index (χ3n) is 12.9. The number of aryl methyl sites for hydroxylation is 4. The molecule has 0 bridgehead atoms. The lowest BCUT2D eigenvalue weighted by Gasteiger charge is -2.32. The summed E-state index contributed by atoms with van der Waals surface area (Å²) in [7, 11) is -0.513. The summed E-state index contributed by atoms with van der Waals surface area (Å²) in [5.74, 6) is 1.78. The van der Waals surface area contributed by atoms with Crippen molar-refractivity contribution in [2.45, 2.75) is 66.6 Å². The van der Waals surface area contributed by atoms with Gasteiger partial charge in [-0.2, -0.15) is 0 Å². The largest absolute Gasteiger partial charge is 0.494 e. The summed E-state index contributed by atoms with van der Waals surface area (Å²) >= 11 is 0. The van der Waals surface area contributed by atoms with Gasteiger partial charge in [0.15, 0.2) is 11.5 Å². The Morgan fingerprint density at radius 3 is 1.62 bits per heavy atom. The van der Waals surface area contributed by atoms with Crippen molar-refractivity contribution >= 4 is 56.2 Å². The molecular formula is C52H45BN2O3. The van der Waals surface area contributed by atoms with Crippen molar-refractivity contribution in [1.29, 1.82) is 0 Å². The monoisotopic (exact) mass is 756 g/mol. The van der Waals surface area contributed by atoms with Gasteiger partial charge in [0.2, 0.25) is 0 Å². The van der Waals surface area contributed by atoms with Crippen LogP contribution in [0.25, 0.3) is 77.2 Å². The quantitative estimate of drug-likeness (QED) is 0.168. The van der Waals surface area contributed by atoms with E-state index in [1.807, 2.05) is 0 Å². The number of ether oxygens (including phenoxy) is 1. The number of aromatic nitrogens is 2. The number of fused-ring (bicyclic) bond motifs is 8. The molecule has 9 aromatic rings. The summed E-state index contributed by atoms with van der Waals surface area (Å²) in [6.45, 7) is 17.0. The van der Waals surface area contributed by atoms with Crippen LogP contribution in [0, 0.1) is 27.7 Å². The van der Waals surface area contributed by atoms with Gasteiger partial charge in [0.25, 0.3) is 0 Å². The van der Waals surface area contributed by atoms with Gasteiger partial charge in [0.1, 0.15) is 0 Å². The molecule has 2 aliphatic rings. The van der Waals surface area contributed by atoms with Crippen molar-refractivity contribution < 1.29 is 14.0 Å². The van der Waals surface area contributed by atoms with Crippen molar-refractivity contribution in [1.82, 2.24) is 9.13 Å². The first-order chi connectivity index (χ1) is 27.8. The molecule has 5 nitrogen and oxygen atoms in total. The molecule has 11 rings (SSSR count). The zero-order valence-electron chi connectivity index (χ0n) is 34.3. The molecule has 284 valence electrons. The molecule has 0 saturated carbocycles. The maximum Gasteiger partial charge on any atom is 0.494 e. The number of hydrogen-bond acceptors (Lipinski definition) is 3. The lowest BCUT2D eigenvalue weighted by Crippen LogP contribution is -2.41. The van der Waals surface area contributed by atoms with Crippen molar-refractivity contribution in [3.63, 3.8) is 0 Å². The maximum atomic E-state index is 6.71. The van der Waals surface area contributed by atoms with Crippen LogP contribution in [-0.2, 0) is 9.31 Å². The topological polar surface area (TPSA) is 37.5 Å². The average Bonchev–Trinajstić information content (AvgIpc) is 3.77. The highest BCUT2D eigenvalue weighted by atomic mass is 16.7. The molecule has 7 aromatic carbocycles. The zero-order chi connectivity index (χ0) is 39.8. The molecule has 0 radical (unpaired) electrons. The fourth-order valence-corrected chi connectivity index (χ4v) is 9.15. The van der Waals surface area contributed by atoms with Crippen molar-refractivity contribution in [2.24, 2.45) is 0 Å². The third kappa shape index (κ3) is 5.25. The van der Waals surface area contributed by atoms with Gasteiger partial charge in [-0.25, -0.2) is 0 Å². The number of benzene rings is 7. The zero-order valence-corrected chi connectivity index (χ0v) is 34.3. The van der Waals surface area contributed by atoms with E-state index in [0.717, 1.165) is 61.6 Å². The summed E-state index contributed by atoms with van der Waals surface area (Å²) in [6.07, 6.45) is 0. The lowest BCUT2D eigenvalue weighted by molar-refractivity contribution is 0.00578. The minimum atomic E-state index is -0.513. The Bertz CT molecular complexity index is 3190. The summed E-state index contributed by atoms with van der Waals surface area (Å²) in [4.78, 5) is 0. The second-order valence-electron chi connectivity index (χ2n) is 17.7. The number of hydrogen-bond donors (Lipinski definition) is 0. The molecule has 6 heteroatoms. The van der Waals surface area contributed by atoms with E-state index in [1.165, 1.54) is 54.8 Å². The molecule has 2 aliphatic heterocycles. The minimum Gasteiger partial charge on any atom is -0.453 e. The first kappa shape index (κ1) is 35.1. The molecule has 1 fully saturated rings. The van der Waals surface area contributed by atoms with Gasteiger partial charge in [-0.3, -0.25) is 0 Å². The predicted octanol–water partition coefficient (Wildman–Crippen LogP) is 12.9. The molecule has 0 N–H and O–H groups in total. The number of rotatable bonds is 4. The van der Waals surface area contributed by atoms with Gasteiger partial charge in [0.05, 0.1) is 39.0 Å². The number of nitrogens with zero attached hydrogens (tertiary/aromatic N) is 2. The molecule has 0 atom stereocenters. The Labute approximate surface area is 339 Å². The van der Waals surface area contributed by atoms with Gasteiger partial charge in [-0.15, -0.1) is 0 Å². The molecular weight excluding hydrogens is 711 g/mol. The van der Waals surface area contributed by atoms with Crippen LogP contribution in [-0.4, -0.2) is 27.5 Å². The van der Waals surface area contributed by atoms with Crippen molar-refractivity contribution in [3.8, 4) is 45.1 Å². The highest BCUT2D eigenvalue weighted by Crippen LogP contribution is 2.47. The average molecular weight is 757 g/mol. The van der Waals surface area contributed by atoms with Gasteiger partial charge < -0.3 is 23.2 Å². The Morgan fingerprint density at radius 1 is 0.431 bits per heavy atom. The Hall–Kier alpha value is -6.08. The molecule has 0 aliphatic carbocycles. The summed E-state index contributed by atoms with van der Waals surface area (Å²) in [5.41, 5.74) is 16.3. The SMILES string of the molecule is Cc1ccc(-n2c3ccc(C)cc3c3cc(-c4cc(B5OC(C)(C)C(C)(C)O5)cc(-c5ccc6c(c5)c5cc(C)cc7c5n6-c5ccc(C)cc5O7)c4)ccc32)cc1. The molecule has 0 spiro atoms. The third-order valence-corrected chi connectivity index (χ3v) is 12.9. The lowest BCUT2D eigenvalue weighted by atomic mass is 9.76. The summed E-state index contributed by atoms with van der Waals surface area (Å²) in [6, 6.07) is 47.2. The molecule has 0 amide bonds. The fourth-order valence-electron chi connectivity index (χ4n) is 9.15. The molecule has 58 heavy (non-hydrogen) atoms. The normalized spacial score (nSPS) is 15.5. The molecule has 1 saturated heterocycles. The molecule has 2 aromatic heterocycles. The van der Waals surface area contributed by atoms with Crippen LogP contribution < -0.4 is 10.2 Å². The van der Waals surface area contributed by atoms with E-state index in [-0.39, 0.29) is 0 Å². The standard InChI is InChI=1S/C52H45BN2O3/c1-30-9-15-39(16-10-30)54-44-17-11-31(2)21-40(44)41-28-34(13-19-45(41)54)36-25-37(27-38(26-36)53-57-51(5,6)52(7,8)58-53)35-14-20-46-42(29-35)43-22-33(4)24-49-50(43)55(46)47-18-12-32(3)23-48(47)56-49/h9-29H,1-8H3. The Kier molecular flexibility index (Phi) is 7.40. The van der Waals surface area contributed by atoms with Gasteiger partial charge >= 0.3 is 7.12 Å². The van der Waals surface area contributed by atoms with E-state index in [1.54, 1.807) is 0 Å². The van der Waals surface area contributed by atoms with Crippen LogP contribution in [0.15, 0.2) is 127 Å². The first-order valence-electron chi connectivity index (χ1n) is 20.3. The van der Waals surface area contributed by atoms with E-state index in [4.69, 9.17) is 14.0 Å². The summed E-state index contributed by atoms with van der Waals surface area (Å²) in [5, 5.41) is 4.85. The van der Waals surface area contributed by atoms with E-state index in [9.17, 15) is 0 Å². The van der Waals surface area contributed by atoms with E-state index in [2.05, 4.69) is 192 Å². The summed E-state index contributed by atoms with van der Waals surface area (Å²) < 4.78 is 24.8. The Balaban J connectivity index is 1.12. The minimum absolute atomic E-state index is 0.470. The van der Waals surface area contributed by atoms with E-state index < -0.39 is 18.3 Å². The van der Waals surface area contributed by atoms with Crippen molar-refractivity contribution in [2.75, 3.05) is 0 Å². The first-order valence-corrected chi connectivity index (χ1v) is 20.3. The van der Waals surface area contributed by atoms with Crippen LogP contribution >= 0.6 is 0 Å². The van der Waals surface area contributed by atoms with Crippen LogP contribution in [0.2, 0.25) is 0 Å². The Morgan fingerprint density at radius 2 is 0.948 bits per heavy atom. The van der Waals surface area contributed by atoms with Crippen LogP contribution in [0.4, 0.5) is 0 Å². The molecule has 0 unspecified atom stereocenters. The van der Waals surface area contributed by atoms with Crippen LogP contribution in [0.1, 0.15) is 49.9 Å². The van der Waals surface area contributed by atoms with Gasteiger partial charge in [-0.1, -0.05) is 59.7 Å². The smallest absolute Gasteiger partial charge is 0.453 e. The predicted molar refractivity (Wildman–Crippen MR) is 241 cm³/mol. The highest BCUT2D eigenvalue weighted by molar-refractivity contribution is 6.62. The molecule has 4 heterocycles. The van der Waals surface area contributed by atoms with E-state index >= 15 is 0 Å². The van der Waals surface area contributed by atoms with Crippen LogP contribution in [0.5, 0.6) is 11.5 Å². The second kappa shape index (κ2) is 12.2. The highest BCUT2D eigenvalue weighted by Gasteiger charge is 2.51. The fraction of sp³-hybridized carbons (Fsp3) is 0.192. The van der Waals surface area contributed by atoms with E-state index in [0.29, 0.717) is 0 Å². The van der Waals surface area contributed by atoms with Gasteiger partial charge in [-0.05, 0) is 173 Å². The maximum absolute atomic E-state index is 6.71. The van der Waals surface area contributed by atoms with Gasteiger partial charge in [0, 0.05) is 27.2 Å². The second-order valence-corrected chi connectivity index (χ2v) is 17.7.